The van der Waals surface area contributed by atoms with Crippen LogP contribution in [0.15, 0.2) is 18.2 Å². The Bertz CT molecular complexity index is 449. The zero-order chi connectivity index (χ0) is 12.4. The van der Waals surface area contributed by atoms with Crippen molar-refractivity contribution in [3.63, 3.8) is 0 Å². The molecule has 2 N–H and O–H groups in total. The molecule has 1 fully saturated rings. The van der Waals surface area contributed by atoms with Crippen LogP contribution in [0, 0.1) is 11.3 Å². The van der Waals surface area contributed by atoms with Gasteiger partial charge in [0.15, 0.2) is 0 Å². The molecule has 0 aromatic heterocycles. The second kappa shape index (κ2) is 4.64. The summed E-state index contributed by atoms with van der Waals surface area (Å²) < 4.78 is 0. The van der Waals surface area contributed by atoms with Crippen molar-refractivity contribution in [3.05, 3.63) is 23.8 Å². The van der Waals surface area contributed by atoms with Crippen LogP contribution in [0.5, 0.6) is 0 Å². The Labute approximate surface area is 102 Å². The molecule has 0 radical (unpaired) electrons. The Morgan fingerprint density at radius 2 is 2.18 bits per heavy atom. The SMILES string of the molecule is CC1CN(C)CCN1c1cc(C#N)ccc1N. The number of piperazine rings is 1. The normalized spacial score (nSPS) is 21.2. The molecule has 0 bridgehead atoms. The molecule has 4 nitrogen and oxygen atoms in total. The van der Waals surface area contributed by atoms with Gasteiger partial charge < -0.3 is 15.5 Å². The van der Waals surface area contributed by atoms with Gasteiger partial charge in [0.05, 0.1) is 23.0 Å². The Kier molecular flexibility index (Phi) is 3.21. The van der Waals surface area contributed by atoms with E-state index in [9.17, 15) is 0 Å². The average Bonchev–Trinajstić information content (AvgIpc) is 2.30. The van der Waals surface area contributed by atoms with Crippen molar-refractivity contribution in [1.82, 2.24) is 4.90 Å². The van der Waals surface area contributed by atoms with Gasteiger partial charge in [-0.05, 0) is 32.2 Å². The van der Waals surface area contributed by atoms with Gasteiger partial charge in [0, 0.05) is 25.7 Å². The van der Waals surface area contributed by atoms with Crippen LogP contribution in [-0.2, 0) is 0 Å². The van der Waals surface area contributed by atoms with Crippen LogP contribution >= 0.6 is 0 Å². The molecule has 1 aromatic rings. The number of nitriles is 1. The largest absolute Gasteiger partial charge is 0.397 e. The minimum atomic E-state index is 0.421. The van der Waals surface area contributed by atoms with Crippen molar-refractivity contribution in [2.24, 2.45) is 0 Å². The van der Waals surface area contributed by atoms with Crippen LogP contribution in [0.3, 0.4) is 0 Å². The Morgan fingerprint density at radius 1 is 1.41 bits per heavy atom. The molecule has 0 aliphatic carbocycles. The number of hydrogen-bond donors (Lipinski definition) is 1. The summed E-state index contributed by atoms with van der Waals surface area (Å²) in [5.74, 6) is 0. The molecule has 17 heavy (non-hydrogen) atoms. The van der Waals surface area contributed by atoms with Gasteiger partial charge in [0.1, 0.15) is 0 Å². The lowest BCUT2D eigenvalue weighted by Crippen LogP contribution is -2.50. The first-order chi connectivity index (χ1) is 8.11. The number of hydrogen-bond acceptors (Lipinski definition) is 4. The quantitative estimate of drug-likeness (QED) is 0.738. The number of likely N-dealkylation sites (N-methyl/N-ethyl adjacent to an activating group) is 1. The minimum absolute atomic E-state index is 0.421. The molecule has 1 unspecified atom stereocenters. The summed E-state index contributed by atoms with van der Waals surface area (Å²) in [6.07, 6.45) is 0. The lowest BCUT2D eigenvalue weighted by Gasteiger charge is -2.40. The van der Waals surface area contributed by atoms with Gasteiger partial charge >= 0.3 is 0 Å². The predicted molar refractivity (Wildman–Crippen MR) is 69.9 cm³/mol. The first-order valence-corrected chi connectivity index (χ1v) is 5.86. The topological polar surface area (TPSA) is 56.3 Å². The Hall–Kier alpha value is -1.73. The van der Waals surface area contributed by atoms with Crippen LogP contribution in [0.1, 0.15) is 12.5 Å². The smallest absolute Gasteiger partial charge is 0.0992 e. The molecule has 90 valence electrons. The first-order valence-electron chi connectivity index (χ1n) is 5.86. The zero-order valence-electron chi connectivity index (χ0n) is 10.3. The minimum Gasteiger partial charge on any atom is -0.397 e. The lowest BCUT2D eigenvalue weighted by atomic mass is 10.1. The third-order valence-corrected chi connectivity index (χ3v) is 3.30. The second-order valence-corrected chi connectivity index (χ2v) is 4.69. The molecule has 1 aliphatic rings. The fraction of sp³-hybridized carbons (Fsp3) is 0.462. The second-order valence-electron chi connectivity index (χ2n) is 4.69. The lowest BCUT2D eigenvalue weighted by molar-refractivity contribution is 0.276. The molecule has 1 atom stereocenters. The summed E-state index contributed by atoms with van der Waals surface area (Å²) in [5.41, 5.74) is 8.41. The van der Waals surface area contributed by atoms with Crippen LogP contribution in [0.2, 0.25) is 0 Å². The summed E-state index contributed by atoms with van der Waals surface area (Å²) in [6.45, 7) is 5.20. The molecule has 0 saturated carbocycles. The van der Waals surface area contributed by atoms with Crippen LogP contribution in [-0.4, -0.2) is 37.6 Å². The maximum absolute atomic E-state index is 8.94. The van der Waals surface area contributed by atoms with Crippen molar-refractivity contribution in [2.45, 2.75) is 13.0 Å². The van der Waals surface area contributed by atoms with Gasteiger partial charge in [-0.2, -0.15) is 5.26 Å². The van der Waals surface area contributed by atoms with Crippen molar-refractivity contribution in [1.29, 1.82) is 5.26 Å². The van der Waals surface area contributed by atoms with Crippen LogP contribution < -0.4 is 10.6 Å². The number of rotatable bonds is 1. The summed E-state index contributed by atoms with van der Waals surface area (Å²) >= 11 is 0. The number of anilines is 2. The highest BCUT2D eigenvalue weighted by atomic mass is 15.3. The summed E-state index contributed by atoms with van der Waals surface area (Å²) in [7, 11) is 2.13. The molecule has 1 aliphatic heterocycles. The van der Waals surface area contributed by atoms with E-state index < -0.39 is 0 Å². The fourth-order valence-corrected chi connectivity index (χ4v) is 2.36. The molecule has 4 heteroatoms. The molecule has 0 spiro atoms. The van der Waals surface area contributed by atoms with Gasteiger partial charge in [-0.3, -0.25) is 0 Å². The van der Waals surface area contributed by atoms with Gasteiger partial charge in [-0.15, -0.1) is 0 Å². The van der Waals surface area contributed by atoms with Gasteiger partial charge in [0.2, 0.25) is 0 Å². The van der Waals surface area contributed by atoms with E-state index in [2.05, 4.69) is 29.8 Å². The molecular formula is C13H18N4. The van der Waals surface area contributed by atoms with E-state index in [-0.39, 0.29) is 0 Å². The molecule has 0 amide bonds. The van der Waals surface area contributed by atoms with E-state index in [1.54, 1.807) is 6.07 Å². The highest BCUT2D eigenvalue weighted by Gasteiger charge is 2.23. The maximum Gasteiger partial charge on any atom is 0.0992 e. The third kappa shape index (κ3) is 2.34. The van der Waals surface area contributed by atoms with Crippen molar-refractivity contribution in [2.75, 3.05) is 37.3 Å². The third-order valence-electron chi connectivity index (χ3n) is 3.30. The first kappa shape index (κ1) is 11.7. The van der Waals surface area contributed by atoms with E-state index in [1.807, 2.05) is 12.1 Å². The molecular weight excluding hydrogens is 212 g/mol. The molecule has 1 aromatic carbocycles. The van der Waals surface area contributed by atoms with Crippen molar-refractivity contribution in [3.8, 4) is 6.07 Å². The maximum atomic E-state index is 8.94. The number of nitrogen functional groups attached to an aromatic ring is 1. The fourth-order valence-electron chi connectivity index (χ4n) is 2.36. The number of nitrogens with two attached hydrogens (primary N) is 1. The number of nitrogens with zero attached hydrogens (tertiary/aromatic N) is 3. The van der Waals surface area contributed by atoms with E-state index >= 15 is 0 Å². The molecule has 1 saturated heterocycles. The van der Waals surface area contributed by atoms with E-state index in [4.69, 9.17) is 11.0 Å². The highest BCUT2D eigenvalue weighted by molar-refractivity contribution is 5.70. The monoisotopic (exact) mass is 230 g/mol. The zero-order valence-corrected chi connectivity index (χ0v) is 10.3. The Balaban J connectivity index is 2.30. The molecule has 1 heterocycles. The van der Waals surface area contributed by atoms with Crippen LogP contribution in [0.4, 0.5) is 11.4 Å². The average molecular weight is 230 g/mol. The van der Waals surface area contributed by atoms with E-state index in [1.165, 1.54) is 0 Å². The van der Waals surface area contributed by atoms with E-state index in [0.29, 0.717) is 11.6 Å². The highest BCUT2D eigenvalue weighted by Crippen LogP contribution is 2.27. The van der Waals surface area contributed by atoms with Crippen molar-refractivity contribution >= 4 is 11.4 Å². The van der Waals surface area contributed by atoms with Gasteiger partial charge in [0.25, 0.3) is 0 Å². The summed E-state index contributed by atoms with van der Waals surface area (Å²) in [6, 6.07) is 8.05. The Morgan fingerprint density at radius 3 is 2.82 bits per heavy atom. The number of benzene rings is 1. The molecule has 2 rings (SSSR count). The van der Waals surface area contributed by atoms with Gasteiger partial charge in [-0.25, -0.2) is 0 Å². The summed E-state index contributed by atoms with van der Waals surface area (Å²) in [5, 5.41) is 8.94. The standard InChI is InChI=1S/C13H18N4/c1-10-9-16(2)5-6-17(10)13-7-11(8-14)3-4-12(13)15/h3-4,7,10H,5-6,9,15H2,1-2H3. The summed E-state index contributed by atoms with van der Waals surface area (Å²) in [4.78, 5) is 4.60. The van der Waals surface area contributed by atoms with Crippen molar-refractivity contribution < 1.29 is 0 Å². The van der Waals surface area contributed by atoms with E-state index in [0.717, 1.165) is 31.0 Å². The van der Waals surface area contributed by atoms with Gasteiger partial charge in [-0.1, -0.05) is 0 Å². The predicted octanol–water partition coefficient (Wildman–Crippen LogP) is 1.28. The van der Waals surface area contributed by atoms with Crippen LogP contribution in [0.25, 0.3) is 0 Å².